The molecule has 9 heteroatoms. The van der Waals surface area contributed by atoms with Crippen molar-refractivity contribution in [1.82, 2.24) is 4.72 Å². The summed E-state index contributed by atoms with van der Waals surface area (Å²) in [5, 5.41) is 2.75. The summed E-state index contributed by atoms with van der Waals surface area (Å²) in [7, 11) is -2.22. The van der Waals surface area contributed by atoms with E-state index in [0.29, 0.717) is 35.1 Å². The molecule has 0 saturated heterocycles. The standard InChI is InChI=1S/C26H24N2O6S/c1-32-25-16-20(9-14-24(25)34-18-19-6-3-2-4-7-19)26(29)28-21-10-12-23(13-11-21)35(30,31)27-17-22-8-5-15-33-22/h2-16,27H,17-18H2,1H3,(H,28,29). The van der Waals surface area contributed by atoms with Crippen molar-refractivity contribution in [3.05, 3.63) is 108 Å². The van der Waals surface area contributed by atoms with Crippen LogP contribution in [0.25, 0.3) is 0 Å². The number of hydrogen-bond donors (Lipinski definition) is 2. The largest absolute Gasteiger partial charge is 0.493 e. The third-order valence-corrected chi connectivity index (χ3v) is 6.52. The van der Waals surface area contributed by atoms with Gasteiger partial charge in [-0.2, -0.15) is 0 Å². The van der Waals surface area contributed by atoms with Gasteiger partial charge in [-0.1, -0.05) is 30.3 Å². The van der Waals surface area contributed by atoms with Crippen LogP contribution in [0, 0.1) is 0 Å². The predicted molar refractivity (Wildman–Crippen MR) is 131 cm³/mol. The number of rotatable bonds is 10. The maximum Gasteiger partial charge on any atom is 0.255 e. The molecule has 0 saturated carbocycles. The maximum atomic E-state index is 12.7. The maximum absolute atomic E-state index is 12.7. The van der Waals surface area contributed by atoms with Crippen molar-refractivity contribution in [3.8, 4) is 11.5 Å². The van der Waals surface area contributed by atoms with Gasteiger partial charge >= 0.3 is 0 Å². The third-order valence-electron chi connectivity index (χ3n) is 5.10. The van der Waals surface area contributed by atoms with E-state index in [-0.39, 0.29) is 17.3 Å². The Labute approximate surface area is 203 Å². The average molecular weight is 493 g/mol. The molecule has 1 aromatic heterocycles. The van der Waals surface area contributed by atoms with Gasteiger partial charge in [-0.25, -0.2) is 13.1 Å². The fourth-order valence-electron chi connectivity index (χ4n) is 3.25. The highest BCUT2D eigenvalue weighted by atomic mass is 32.2. The first-order valence-corrected chi connectivity index (χ1v) is 12.2. The van der Waals surface area contributed by atoms with Crippen molar-refractivity contribution < 1.29 is 27.1 Å². The summed E-state index contributed by atoms with van der Waals surface area (Å²) in [6.07, 6.45) is 1.47. The van der Waals surface area contributed by atoms with Crippen LogP contribution in [0.4, 0.5) is 5.69 Å². The summed E-state index contributed by atoms with van der Waals surface area (Å²) in [6.45, 7) is 0.412. The second-order valence-electron chi connectivity index (χ2n) is 7.52. The number of furan rings is 1. The van der Waals surface area contributed by atoms with E-state index in [1.54, 1.807) is 30.3 Å². The van der Waals surface area contributed by atoms with Crippen molar-refractivity contribution in [1.29, 1.82) is 0 Å². The Morgan fingerprint density at radius 2 is 1.69 bits per heavy atom. The first-order chi connectivity index (χ1) is 16.9. The summed E-state index contributed by atoms with van der Waals surface area (Å²) in [5.41, 5.74) is 1.83. The molecule has 180 valence electrons. The number of nitrogens with one attached hydrogen (secondary N) is 2. The number of ether oxygens (including phenoxy) is 2. The Balaban J connectivity index is 1.38. The zero-order valence-electron chi connectivity index (χ0n) is 18.9. The molecule has 35 heavy (non-hydrogen) atoms. The Bertz CT molecular complexity index is 1370. The van der Waals surface area contributed by atoms with Crippen LogP contribution in [0.15, 0.2) is 101 Å². The minimum atomic E-state index is -3.73. The predicted octanol–water partition coefficient (Wildman–Crippen LogP) is 4.60. The number of carbonyl (C=O) groups is 1. The number of amides is 1. The van der Waals surface area contributed by atoms with Gasteiger partial charge in [0.05, 0.1) is 24.8 Å². The van der Waals surface area contributed by atoms with E-state index < -0.39 is 10.0 Å². The number of hydrogen-bond acceptors (Lipinski definition) is 6. The van der Waals surface area contributed by atoms with E-state index in [4.69, 9.17) is 13.9 Å². The molecule has 0 spiro atoms. The molecular formula is C26H24N2O6S. The summed E-state index contributed by atoms with van der Waals surface area (Å²) < 4.78 is 43.8. The SMILES string of the molecule is COc1cc(C(=O)Nc2ccc(S(=O)(=O)NCc3ccco3)cc2)ccc1OCc1ccccc1. The molecule has 2 N–H and O–H groups in total. The van der Waals surface area contributed by atoms with Crippen LogP contribution in [0.2, 0.25) is 0 Å². The average Bonchev–Trinajstić information content (AvgIpc) is 3.41. The molecule has 3 aromatic carbocycles. The highest BCUT2D eigenvalue weighted by molar-refractivity contribution is 7.89. The highest BCUT2D eigenvalue weighted by Gasteiger charge is 2.16. The lowest BCUT2D eigenvalue weighted by molar-refractivity contribution is 0.102. The second-order valence-corrected chi connectivity index (χ2v) is 9.29. The van der Waals surface area contributed by atoms with Crippen molar-refractivity contribution in [2.75, 3.05) is 12.4 Å². The van der Waals surface area contributed by atoms with Gasteiger partial charge in [-0.3, -0.25) is 4.79 Å². The normalized spacial score (nSPS) is 11.1. The lowest BCUT2D eigenvalue weighted by Crippen LogP contribution is -2.23. The molecule has 0 unspecified atom stereocenters. The van der Waals surface area contributed by atoms with Crippen LogP contribution in [-0.4, -0.2) is 21.4 Å². The van der Waals surface area contributed by atoms with Crippen LogP contribution in [-0.2, 0) is 23.2 Å². The monoisotopic (exact) mass is 492 g/mol. The Hall–Kier alpha value is -4.08. The Morgan fingerprint density at radius 1 is 0.914 bits per heavy atom. The molecule has 0 aliphatic heterocycles. The zero-order chi connectivity index (χ0) is 24.7. The van der Waals surface area contributed by atoms with Crippen molar-refractivity contribution in [2.45, 2.75) is 18.0 Å². The van der Waals surface area contributed by atoms with Crippen LogP contribution >= 0.6 is 0 Å². The van der Waals surface area contributed by atoms with Gasteiger partial charge < -0.3 is 19.2 Å². The fourth-order valence-corrected chi connectivity index (χ4v) is 4.24. The lowest BCUT2D eigenvalue weighted by atomic mass is 10.1. The first kappa shape index (κ1) is 24.1. The van der Waals surface area contributed by atoms with Crippen molar-refractivity contribution >= 4 is 21.6 Å². The molecule has 4 aromatic rings. The van der Waals surface area contributed by atoms with Gasteiger partial charge in [0.1, 0.15) is 12.4 Å². The molecule has 0 radical (unpaired) electrons. The number of benzene rings is 3. The molecule has 1 heterocycles. The quantitative estimate of drug-likeness (QED) is 0.335. The van der Waals surface area contributed by atoms with Gasteiger partial charge in [0.25, 0.3) is 5.91 Å². The number of sulfonamides is 1. The van der Waals surface area contributed by atoms with Crippen LogP contribution < -0.4 is 19.5 Å². The van der Waals surface area contributed by atoms with Crippen molar-refractivity contribution in [2.24, 2.45) is 0 Å². The lowest BCUT2D eigenvalue weighted by Gasteiger charge is -2.13. The Morgan fingerprint density at radius 3 is 2.37 bits per heavy atom. The molecule has 0 aliphatic rings. The zero-order valence-corrected chi connectivity index (χ0v) is 19.7. The van der Waals surface area contributed by atoms with E-state index in [1.165, 1.54) is 37.6 Å². The minimum Gasteiger partial charge on any atom is -0.493 e. The van der Waals surface area contributed by atoms with Crippen LogP contribution in [0.1, 0.15) is 21.7 Å². The number of anilines is 1. The molecule has 0 fully saturated rings. The number of methoxy groups -OCH3 is 1. The van der Waals surface area contributed by atoms with E-state index in [2.05, 4.69) is 10.0 Å². The van der Waals surface area contributed by atoms with Gasteiger partial charge in [0.2, 0.25) is 10.0 Å². The van der Waals surface area contributed by atoms with E-state index >= 15 is 0 Å². The molecule has 0 atom stereocenters. The smallest absolute Gasteiger partial charge is 0.255 e. The van der Waals surface area contributed by atoms with E-state index in [9.17, 15) is 13.2 Å². The van der Waals surface area contributed by atoms with E-state index in [0.717, 1.165) is 5.56 Å². The molecule has 0 bridgehead atoms. The number of carbonyl (C=O) groups excluding carboxylic acids is 1. The summed E-state index contributed by atoms with van der Waals surface area (Å²) >= 11 is 0. The molecule has 0 aliphatic carbocycles. The van der Waals surface area contributed by atoms with Gasteiger partial charge in [0.15, 0.2) is 11.5 Å². The summed E-state index contributed by atoms with van der Waals surface area (Å²) in [4.78, 5) is 12.8. The minimum absolute atomic E-state index is 0.0424. The highest BCUT2D eigenvalue weighted by Crippen LogP contribution is 2.29. The second kappa shape index (κ2) is 10.9. The van der Waals surface area contributed by atoms with Gasteiger partial charge in [0, 0.05) is 11.3 Å². The van der Waals surface area contributed by atoms with E-state index in [1.807, 2.05) is 30.3 Å². The fraction of sp³-hybridized carbons (Fsp3) is 0.115. The molecule has 1 amide bonds. The summed E-state index contributed by atoms with van der Waals surface area (Å²) in [5.74, 6) is 1.08. The van der Waals surface area contributed by atoms with Crippen LogP contribution in [0.5, 0.6) is 11.5 Å². The topological polar surface area (TPSA) is 107 Å². The molecular weight excluding hydrogens is 468 g/mol. The molecule has 8 nitrogen and oxygen atoms in total. The van der Waals surface area contributed by atoms with Crippen LogP contribution in [0.3, 0.4) is 0 Å². The van der Waals surface area contributed by atoms with Gasteiger partial charge in [-0.15, -0.1) is 0 Å². The third kappa shape index (κ3) is 6.28. The van der Waals surface area contributed by atoms with Crippen molar-refractivity contribution in [3.63, 3.8) is 0 Å². The summed E-state index contributed by atoms with van der Waals surface area (Å²) in [6, 6.07) is 23.9. The molecule has 4 rings (SSSR count). The Kier molecular flexibility index (Phi) is 7.49. The van der Waals surface area contributed by atoms with Gasteiger partial charge in [-0.05, 0) is 60.2 Å². The first-order valence-electron chi connectivity index (χ1n) is 10.7.